The zero-order valence-corrected chi connectivity index (χ0v) is 13.1. The number of anilines is 1. The van der Waals surface area contributed by atoms with E-state index in [-0.39, 0.29) is 10.9 Å². The monoisotopic (exact) mass is 354 g/mol. The summed E-state index contributed by atoms with van der Waals surface area (Å²) in [5.74, 6) is -0.0812. The summed E-state index contributed by atoms with van der Waals surface area (Å²) in [5, 5.41) is 4.78. The summed E-state index contributed by atoms with van der Waals surface area (Å²) in [6, 6.07) is 9.27. The van der Waals surface area contributed by atoms with E-state index in [1.54, 1.807) is 23.5 Å². The Morgan fingerprint density at radius 3 is 2.84 bits per heavy atom. The fourth-order valence-electron chi connectivity index (χ4n) is 1.60. The van der Waals surface area contributed by atoms with Crippen LogP contribution in [0.2, 0.25) is 0 Å². The number of thiocarbonyl (C=S) groups is 1. The van der Waals surface area contributed by atoms with Gasteiger partial charge >= 0.3 is 0 Å². The Morgan fingerprint density at radius 1 is 1.42 bits per heavy atom. The molecule has 0 fully saturated rings. The minimum atomic E-state index is -0.0812. The second kappa shape index (κ2) is 6.27. The molecular weight excluding hydrogens is 344 g/mol. The van der Waals surface area contributed by atoms with Crippen molar-refractivity contribution in [2.24, 2.45) is 5.73 Å². The first-order valence-electron chi connectivity index (χ1n) is 5.48. The van der Waals surface area contributed by atoms with Crippen molar-refractivity contribution in [3.05, 3.63) is 50.6 Å². The maximum absolute atomic E-state index is 11.9. The summed E-state index contributed by atoms with van der Waals surface area (Å²) in [6.45, 7) is 0. The molecule has 3 nitrogen and oxygen atoms in total. The molecule has 2 rings (SSSR count). The van der Waals surface area contributed by atoms with Crippen LogP contribution in [0, 0.1) is 0 Å². The number of carbonyl (C=O) groups excluding carboxylic acids is 1. The molecule has 0 unspecified atom stereocenters. The molecule has 0 saturated heterocycles. The fraction of sp³-hybridized carbons (Fsp3) is 0.0769. The minimum Gasteiger partial charge on any atom is -0.389 e. The number of hydrogen-bond acceptors (Lipinski definition) is 3. The number of amides is 1. The first-order chi connectivity index (χ1) is 9.06. The maximum Gasteiger partial charge on any atom is 0.229 e. The predicted octanol–water partition coefficient (Wildman–Crippen LogP) is 3.33. The Kier molecular flexibility index (Phi) is 4.68. The van der Waals surface area contributed by atoms with Crippen molar-refractivity contribution >= 4 is 56.1 Å². The van der Waals surface area contributed by atoms with Crippen LogP contribution in [-0.2, 0) is 11.2 Å². The predicted molar refractivity (Wildman–Crippen MR) is 86.7 cm³/mol. The van der Waals surface area contributed by atoms with Gasteiger partial charge in [-0.05, 0) is 29.6 Å². The molecule has 1 aromatic heterocycles. The van der Waals surface area contributed by atoms with E-state index in [0.29, 0.717) is 17.7 Å². The van der Waals surface area contributed by atoms with E-state index < -0.39 is 0 Å². The van der Waals surface area contributed by atoms with Crippen LogP contribution in [-0.4, -0.2) is 10.9 Å². The highest BCUT2D eigenvalue weighted by Crippen LogP contribution is 2.21. The van der Waals surface area contributed by atoms with Crippen LogP contribution in [0.1, 0.15) is 10.4 Å². The molecule has 3 N–H and O–H groups in total. The van der Waals surface area contributed by atoms with Gasteiger partial charge in [-0.2, -0.15) is 0 Å². The van der Waals surface area contributed by atoms with Crippen molar-refractivity contribution in [2.75, 3.05) is 5.32 Å². The van der Waals surface area contributed by atoms with Gasteiger partial charge in [-0.1, -0.05) is 34.2 Å². The van der Waals surface area contributed by atoms with Gasteiger partial charge < -0.3 is 11.1 Å². The van der Waals surface area contributed by atoms with Gasteiger partial charge in [-0.3, -0.25) is 4.79 Å². The highest BCUT2D eigenvalue weighted by Gasteiger charge is 2.10. The average Bonchev–Trinajstić information content (AvgIpc) is 2.83. The van der Waals surface area contributed by atoms with Gasteiger partial charge in [0.05, 0.1) is 12.1 Å². The second-order valence-corrected chi connectivity index (χ2v) is 6.25. The number of rotatable bonds is 4. The summed E-state index contributed by atoms with van der Waals surface area (Å²) in [7, 11) is 0. The third-order valence-corrected chi connectivity index (χ3v) is 4.03. The van der Waals surface area contributed by atoms with E-state index in [9.17, 15) is 4.79 Å². The Hall–Kier alpha value is -1.24. The molecule has 1 amide bonds. The molecule has 0 radical (unpaired) electrons. The van der Waals surface area contributed by atoms with Crippen molar-refractivity contribution in [1.29, 1.82) is 0 Å². The summed E-state index contributed by atoms with van der Waals surface area (Å²) in [4.78, 5) is 13.2. The van der Waals surface area contributed by atoms with Crippen LogP contribution in [0.4, 0.5) is 5.69 Å². The SMILES string of the molecule is NC(=S)c1cc(Br)ccc1NC(=O)Cc1cccs1. The van der Waals surface area contributed by atoms with Gasteiger partial charge in [0.1, 0.15) is 4.99 Å². The highest BCUT2D eigenvalue weighted by atomic mass is 79.9. The largest absolute Gasteiger partial charge is 0.389 e. The van der Waals surface area contributed by atoms with Crippen LogP contribution in [0.25, 0.3) is 0 Å². The van der Waals surface area contributed by atoms with Gasteiger partial charge in [0.15, 0.2) is 0 Å². The number of thiophene rings is 1. The van der Waals surface area contributed by atoms with E-state index in [1.165, 1.54) is 0 Å². The van der Waals surface area contributed by atoms with Crippen molar-refractivity contribution in [3.8, 4) is 0 Å². The number of nitrogens with one attached hydrogen (secondary N) is 1. The van der Waals surface area contributed by atoms with Crippen molar-refractivity contribution in [3.63, 3.8) is 0 Å². The van der Waals surface area contributed by atoms with E-state index in [1.807, 2.05) is 23.6 Å². The lowest BCUT2D eigenvalue weighted by atomic mass is 10.1. The first-order valence-corrected chi connectivity index (χ1v) is 7.56. The quantitative estimate of drug-likeness (QED) is 0.828. The third-order valence-electron chi connectivity index (χ3n) is 2.44. The summed E-state index contributed by atoms with van der Waals surface area (Å²) < 4.78 is 0.867. The highest BCUT2D eigenvalue weighted by molar-refractivity contribution is 9.10. The Balaban J connectivity index is 2.14. The van der Waals surface area contributed by atoms with E-state index >= 15 is 0 Å². The molecule has 0 spiro atoms. The van der Waals surface area contributed by atoms with Gasteiger partial charge in [-0.15, -0.1) is 11.3 Å². The number of halogens is 1. The molecule has 0 aliphatic carbocycles. The fourth-order valence-corrected chi connectivity index (χ4v) is 2.83. The van der Waals surface area contributed by atoms with Gasteiger partial charge in [-0.25, -0.2) is 0 Å². The zero-order valence-electron chi connectivity index (χ0n) is 9.85. The maximum atomic E-state index is 11.9. The Labute approximate surface area is 129 Å². The summed E-state index contributed by atoms with van der Waals surface area (Å²) in [6.07, 6.45) is 0.352. The average molecular weight is 355 g/mol. The minimum absolute atomic E-state index is 0.0812. The number of carbonyl (C=O) groups is 1. The zero-order chi connectivity index (χ0) is 13.8. The molecule has 0 atom stereocenters. The van der Waals surface area contributed by atoms with Crippen molar-refractivity contribution < 1.29 is 4.79 Å². The number of benzene rings is 1. The van der Waals surface area contributed by atoms with E-state index in [4.69, 9.17) is 18.0 Å². The third kappa shape index (κ3) is 3.86. The molecule has 6 heteroatoms. The smallest absolute Gasteiger partial charge is 0.229 e. The molecule has 19 heavy (non-hydrogen) atoms. The lowest BCUT2D eigenvalue weighted by Crippen LogP contribution is -2.18. The van der Waals surface area contributed by atoms with E-state index in [0.717, 1.165) is 9.35 Å². The van der Waals surface area contributed by atoms with Crippen LogP contribution in [0.3, 0.4) is 0 Å². The lowest BCUT2D eigenvalue weighted by molar-refractivity contribution is -0.115. The van der Waals surface area contributed by atoms with Crippen LogP contribution >= 0.6 is 39.5 Å². The second-order valence-electron chi connectivity index (χ2n) is 3.86. The molecule has 0 bridgehead atoms. The van der Waals surface area contributed by atoms with E-state index in [2.05, 4.69) is 21.2 Å². The first kappa shape index (κ1) is 14.2. The van der Waals surface area contributed by atoms with Gasteiger partial charge in [0.2, 0.25) is 5.91 Å². The van der Waals surface area contributed by atoms with Crippen LogP contribution in [0.5, 0.6) is 0 Å². The molecule has 0 saturated carbocycles. The van der Waals surface area contributed by atoms with Crippen LogP contribution < -0.4 is 11.1 Å². The molecular formula is C13H11BrN2OS2. The molecule has 2 aromatic rings. The number of hydrogen-bond donors (Lipinski definition) is 2. The Bertz CT molecular complexity index is 611. The Morgan fingerprint density at radius 2 is 2.21 bits per heavy atom. The summed E-state index contributed by atoms with van der Waals surface area (Å²) >= 11 is 9.89. The van der Waals surface area contributed by atoms with Crippen LogP contribution in [0.15, 0.2) is 40.2 Å². The number of nitrogens with two attached hydrogens (primary N) is 1. The van der Waals surface area contributed by atoms with Crippen molar-refractivity contribution in [2.45, 2.75) is 6.42 Å². The molecule has 1 heterocycles. The topological polar surface area (TPSA) is 55.1 Å². The molecule has 1 aromatic carbocycles. The standard InChI is InChI=1S/C13H11BrN2OS2/c14-8-3-4-11(10(6-8)13(15)18)16-12(17)7-9-2-1-5-19-9/h1-6H,7H2,(H2,15,18)(H,16,17). The molecule has 98 valence electrons. The molecule has 0 aliphatic heterocycles. The normalized spacial score (nSPS) is 10.2. The lowest BCUT2D eigenvalue weighted by Gasteiger charge is -2.10. The summed E-state index contributed by atoms with van der Waals surface area (Å²) in [5.41, 5.74) is 6.95. The van der Waals surface area contributed by atoms with Gasteiger partial charge in [0, 0.05) is 14.9 Å². The van der Waals surface area contributed by atoms with Gasteiger partial charge in [0.25, 0.3) is 0 Å². The molecule has 0 aliphatic rings. The van der Waals surface area contributed by atoms with Crippen molar-refractivity contribution in [1.82, 2.24) is 0 Å².